The van der Waals surface area contributed by atoms with Gasteiger partial charge in [0.1, 0.15) is 0 Å². The topological polar surface area (TPSA) is 55.1 Å². The summed E-state index contributed by atoms with van der Waals surface area (Å²) in [5.41, 5.74) is 5.51. The summed E-state index contributed by atoms with van der Waals surface area (Å²) < 4.78 is 0. The third-order valence-corrected chi connectivity index (χ3v) is 2.85. The quantitative estimate of drug-likeness (QED) is 0.670. The molecule has 0 bridgehead atoms. The number of carbonyl (C=O) groups is 1. The molecule has 0 saturated carbocycles. The average molecular weight is 228 g/mol. The number of amides is 1. The SMILES string of the molecule is CC(C)CCC(C)NC(=O)CCC(C)CN. The first kappa shape index (κ1) is 15.4. The van der Waals surface area contributed by atoms with Gasteiger partial charge >= 0.3 is 0 Å². The van der Waals surface area contributed by atoms with Crippen molar-refractivity contribution in [3.63, 3.8) is 0 Å². The molecule has 16 heavy (non-hydrogen) atoms. The van der Waals surface area contributed by atoms with Crippen LogP contribution in [0, 0.1) is 11.8 Å². The molecule has 3 heteroatoms. The van der Waals surface area contributed by atoms with Crippen molar-refractivity contribution in [2.45, 2.75) is 59.4 Å². The molecule has 2 unspecified atom stereocenters. The van der Waals surface area contributed by atoms with Gasteiger partial charge in [0.2, 0.25) is 5.91 Å². The summed E-state index contributed by atoms with van der Waals surface area (Å²) in [5.74, 6) is 1.31. The van der Waals surface area contributed by atoms with Crippen molar-refractivity contribution in [3.05, 3.63) is 0 Å². The first-order chi connectivity index (χ1) is 7.45. The number of nitrogens with one attached hydrogen (secondary N) is 1. The summed E-state index contributed by atoms with van der Waals surface area (Å²) in [5, 5.41) is 3.03. The van der Waals surface area contributed by atoms with Crippen molar-refractivity contribution >= 4 is 5.91 Å². The Kier molecular flexibility index (Phi) is 8.26. The Bertz CT molecular complexity index is 192. The van der Waals surface area contributed by atoms with Crippen LogP contribution in [0.25, 0.3) is 0 Å². The third kappa shape index (κ3) is 8.72. The van der Waals surface area contributed by atoms with Gasteiger partial charge in [-0.25, -0.2) is 0 Å². The highest BCUT2D eigenvalue weighted by molar-refractivity contribution is 5.76. The zero-order valence-corrected chi connectivity index (χ0v) is 11.3. The normalized spacial score (nSPS) is 14.9. The van der Waals surface area contributed by atoms with E-state index in [4.69, 9.17) is 5.73 Å². The van der Waals surface area contributed by atoms with E-state index in [1.807, 2.05) is 0 Å². The van der Waals surface area contributed by atoms with Crippen LogP contribution in [0.5, 0.6) is 0 Å². The van der Waals surface area contributed by atoms with Crippen LogP contribution in [0.15, 0.2) is 0 Å². The predicted molar refractivity (Wildman–Crippen MR) is 69.1 cm³/mol. The number of rotatable bonds is 8. The lowest BCUT2D eigenvalue weighted by Gasteiger charge is -2.15. The Morgan fingerprint density at radius 1 is 1.12 bits per heavy atom. The summed E-state index contributed by atoms with van der Waals surface area (Å²) >= 11 is 0. The predicted octanol–water partition coefficient (Wildman–Crippen LogP) is 2.30. The third-order valence-electron chi connectivity index (χ3n) is 2.85. The molecule has 0 rings (SSSR count). The summed E-state index contributed by atoms with van der Waals surface area (Å²) in [4.78, 5) is 11.6. The summed E-state index contributed by atoms with van der Waals surface area (Å²) in [6.07, 6.45) is 3.72. The molecule has 0 saturated heterocycles. The maximum absolute atomic E-state index is 11.6. The van der Waals surface area contributed by atoms with Crippen molar-refractivity contribution in [2.75, 3.05) is 6.54 Å². The second-order valence-corrected chi connectivity index (χ2v) is 5.32. The van der Waals surface area contributed by atoms with E-state index in [-0.39, 0.29) is 5.91 Å². The molecule has 0 heterocycles. The van der Waals surface area contributed by atoms with Gasteiger partial charge in [0.25, 0.3) is 0 Å². The van der Waals surface area contributed by atoms with Crippen molar-refractivity contribution in [1.29, 1.82) is 0 Å². The standard InChI is InChI=1S/C13H28N2O/c1-10(2)5-7-12(4)15-13(16)8-6-11(3)9-14/h10-12H,5-9,14H2,1-4H3,(H,15,16). The van der Waals surface area contributed by atoms with Crippen LogP contribution in [-0.2, 0) is 4.79 Å². The van der Waals surface area contributed by atoms with Crippen LogP contribution in [0.1, 0.15) is 53.4 Å². The summed E-state index contributed by atoms with van der Waals surface area (Å²) in [6.45, 7) is 9.23. The van der Waals surface area contributed by atoms with E-state index in [2.05, 4.69) is 33.0 Å². The van der Waals surface area contributed by atoms with Gasteiger partial charge in [0, 0.05) is 12.5 Å². The Hall–Kier alpha value is -0.570. The molecule has 0 aromatic heterocycles. The molecule has 3 nitrogen and oxygen atoms in total. The highest BCUT2D eigenvalue weighted by Gasteiger charge is 2.09. The number of nitrogens with two attached hydrogens (primary N) is 1. The van der Waals surface area contributed by atoms with Gasteiger partial charge in [-0.1, -0.05) is 20.8 Å². The molecule has 3 N–H and O–H groups in total. The van der Waals surface area contributed by atoms with Gasteiger partial charge in [-0.2, -0.15) is 0 Å². The molecule has 1 amide bonds. The van der Waals surface area contributed by atoms with Gasteiger partial charge in [0.15, 0.2) is 0 Å². The second-order valence-electron chi connectivity index (χ2n) is 5.32. The highest BCUT2D eigenvalue weighted by Crippen LogP contribution is 2.07. The Labute approximate surface area is 100 Å². The number of hydrogen-bond donors (Lipinski definition) is 2. The van der Waals surface area contributed by atoms with Gasteiger partial charge in [-0.05, 0) is 44.6 Å². The lowest BCUT2D eigenvalue weighted by Crippen LogP contribution is -2.33. The van der Waals surface area contributed by atoms with E-state index >= 15 is 0 Å². The molecule has 0 fully saturated rings. The summed E-state index contributed by atoms with van der Waals surface area (Å²) in [6, 6.07) is 0.295. The molecule has 0 aliphatic rings. The first-order valence-electron chi connectivity index (χ1n) is 6.45. The minimum Gasteiger partial charge on any atom is -0.354 e. The van der Waals surface area contributed by atoms with Gasteiger partial charge in [-0.15, -0.1) is 0 Å². The van der Waals surface area contributed by atoms with E-state index in [0.717, 1.165) is 12.8 Å². The number of hydrogen-bond acceptors (Lipinski definition) is 2. The Balaban J connectivity index is 3.62. The maximum atomic E-state index is 11.6. The Morgan fingerprint density at radius 2 is 1.75 bits per heavy atom. The minimum absolute atomic E-state index is 0.163. The maximum Gasteiger partial charge on any atom is 0.220 e. The van der Waals surface area contributed by atoms with Crippen molar-refractivity contribution in [2.24, 2.45) is 17.6 Å². The average Bonchev–Trinajstić information content (AvgIpc) is 2.23. The van der Waals surface area contributed by atoms with Crippen LogP contribution >= 0.6 is 0 Å². The fourth-order valence-corrected chi connectivity index (χ4v) is 1.50. The van der Waals surface area contributed by atoms with Crippen LogP contribution in [-0.4, -0.2) is 18.5 Å². The zero-order valence-electron chi connectivity index (χ0n) is 11.3. The van der Waals surface area contributed by atoms with E-state index in [0.29, 0.717) is 30.8 Å². The van der Waals surface area contributed by atoms with E-state index < -0.39 is 0 Å². The lowest BCUT2D eigenvalue weighted by molar-refractivity contribution is -0.122. The smallest absolute Gasteiger partial charge is 0.220 e. The summed E-state index contributed by atoms with van der Waals surface area (Å²) in [7, 11) is 0. The van der Waals surface area contributed by atoms with Gasteiger partial charge < -0.3 is 11.1 Å². The van der Waals surface area contributed by atoms with Crippen LogP contribution in [0.2, 0.25) is 0 Å². The van der Waals surface area contributed by atoms with Crippen LogP contribution in [0.3, 0.4) is 0 Å². The van der Waals surface area contributed by atoms with Crippen LogP contribution < -0.4 is 11.1 Å². The van der Waals surface area contributed by atoms with E-state index in [1.165, 1.54) is 6.42 Å². The molecule has 0 aromatic rings. The van der Waals surface area contributed by atoms with Gasteiger partial charge in [-0.3, -0.25) is 4.79 Å². The van der Waals surface area contributed by atoms with Crippen molar-refractivity contribution < 1.29 is 4.79 Å². The van der Waals surface area contributed by atoms with Gasteiger partial charge in [0.05, 0.1) is 0 Å². The molecular weight excluding hydrogens is 200 g/mol. The molecule has 0 aromatic carbocycles. The Morgan fingerprint density at radius 3 is 2.25 bits per heavy atom. The largest absolute Gasteiger partial charge is 0.354 e. The molecule has 0 radical (unpaired) electrons. The number of carbonyl (C=O) groups excluding carboxylic acids is 1. The van der Waals surface area contributed by atoms with E-state index in [1.54, 1.807) is 0 Å². The fourth-order valence-electron chi connectivity index (χ4n) is 1.50. The van der Waals surface area contributed by atoms with Crippen molar-refractivity contribution in [3.8, 4) is 0 Å². The highest BCUT2D eigenvalue weighted by atomic mass is 16.1. The molecule has 0 aliphatic heterocycles. The van der Waals surface area contributed by atoms with E-state index in [9.17, 15) is 4.79 Å². The molecular formula is C13H28N2O. The zero-order chi connectivity index (χ0) is 12.6. The molecule has 0 spiro atoms. The first-order valence-corrected chi connectivity index (χ1v) is 6.45. The molecule has 0 aliphatic carbocycles. The molecule has 2 atom stereocenters. The van der Waals surface area contributed by atoms with Crippen molar-refractivity contribution in [1.82, 2.24) is 5.32 Å². The fraction of sp³-hybridized carbons (Fsp3) is 0.923. The lowest BCUT2D eigenvalue weighted by atomic mass is 10.0. The van der Waals surface area contributed by atoms with Crippen LogP contribution in [0.4, 0.5) is 0 Å². The second kappa shape index (κ2) is 8.57. The minimum atomic E-state index is 0.163. The monoisotopic (exact) mass is 228 g/mol. The molecule has 96 valence electrons.